The second kappa shape index (κ2) is 13.3. The molecule has 10 heteroatoms. The number of para-hydroxylation sites is 2. The van der Waals surface area contributed by atoms with Crippen LogP contribution in [0.15, 0.2) is 113 Å². The first-order valence-electron chi connectivity index (χ1n) is 12.3. The summed E-state index contributed by atoms with van der Waals surface area (Å²) in [5, 5.41) is 4.05. The maximum Gasteiger partial charge on any atom is 0.264 e. The second-order valence-corrected chi connectivity index (χ2v) is 10.3. The third-order valence-corrected chi connectivity index (χ3v) is 7.59. The lowest BCUT2D eigenvalue weighted by Crippen LogP contribution is -2.39. The largest absolute Gasteiger partial charge is 0.493 e. The van der Waals surface area contributed by atoms with Crippen LogP contribution in [-0.2, 0) is 21.4 Å². The number of benzene rings is 4. The SMILES string of the molecule is COc1ccc(S(=O)(=O)N(CC(=O)N/N=C\c2ccccc2OCc2ccccc2)c2ccccc2)cc1OC. The van der Waals surface area contributed by atoms with Crippen LogP contribution < -0.4 is 23.9 Å². The lowest BCUT2D eigenvalue weighted by atomic mass is 10.2. The highest BCUT2D eigenvalue weighted by atomic mass is 32.2. The van der Waals surface area contributed by atoms with E-state index in [9.17, 15) is 13.2 Å². The molecule has 0 aliphatic carbocycles. The van der Waals surface area contributed by atoms with E-state index in [1.807, 2.05) is 42.5 Å². The molecule has 0 heterocycles. The number of sulfonamides is 1. The third kappa shape index (κ3) is 6.97. The maximum absolute atomic E-state index is 13.7. The average Bonchev–Trinajstić information content (AvgIpc) is 2.99. The molecule has 1 N–H and O–H groups in total. The molecule has 4 aromatic rings. The molecule has 40 heavy (non-hydrogen) atoms. The molecule has 0 aliphatic rings. The van der Waals surface area contributed by atoms with Crippen molar-refractivity contribution in [1.29, 1.82) is 0 Å². The van der Waals surface area contributed by atoms with E-state index in [1.54, 1.807) is 42.5 Å². The number of nitrogens with one attached hydrogen (secondary N) is 1. The van der Waals surface area contributed by atoms with Crippen LogP contribution in [-0.4, -0.2) is 41.3 Å². The van der Waals surface area contributed by atoms with Crippen molar-refractivity contribution in [2.75, 3.05) is 25.1 Å². The molecule has 0 fully saturated rings. The summed E-state index contributed by atoms with van der Waals surface area (Å²) >= 11 is 0. The van der Waals surface area contributed by atoms with Gasteiger partial charge in [-0.1, -0.05) is 60.7 Å². The predicted molar refractivity (Wildman–Crippen MR) is 153 cm³/mol. The number of nitrogens with zero attached hydrogens (tertiary/aromatic N) is 2. The fraction of sp³-hybridized carbons (Fsp3) is 0.133. The molecule has 0 unspecified atom stereocenters. The van der Waals surface area contributed by atoms with Gasteiger partial charge in [0.25, 0.3) is 15.9 Å². The van der Waals surface area contributed by atoms with Crippen molar-refractivity contribution in [2.24, 2.45) is 5.10 Å². The van der Waals surface area contributed by atoms with Gasteiger partial charge in [0, 0.05) is 11.6 Å². The van der Waals surface area contributed by atoms with Gasteiger partial charge in [0.2, 0.25) is 0 Å². The lowest BCUT2D eigenvalue weighted by molar-refractivity contribution is -0.119. The van der Waals surface area contributed by atoms with E-state index < -0.39 is 22.5 Å². The zero-order chi connectivity index (χ0) is 28.4. The highest BCUT2D eigenvalue weighted by Crippen LogP contribution is 2.32. The van der Waals surface area contributed by atoms with Crippen LogP contribution in [0.4, 0.5) is 5.69 Å². The minimum Gasteiger partial charge on any atom is -0.493 e. The average molecular weight is 560 g/mol. The van der Waals surface area contributed by atoms with Crippen LogP contribution in [0.25, 0.3) is 0 Å². The van der Waals surface area contributed by atoms with Gasteiger partial charge in [0.15, 0.2) is 11.5 Å². The number of carbonyl (C=O) groups is 1. The van der Waals surface area contributed by atoms with Crippen molar-refractivity contribution >= 4 is 27.8 Å². The molecule has 0 aromatic heterocycles. The monoisotopic (exact) mass is 559 g/mol. The number of ether oxygens (including phenoxy) is 3. The first-order chi connectivity index (χ1) is 19.4. The Kier molecular flexibility index (Phi) is 9.37. The van der Waals surface area contributed by atoms with Crippen LogP contribution in [0.5, 0.6) is 17.2 Å². The van der Waals surface area contributed by atoms with Gasteiger partial charge in [0.05, 0.1) is 31.0 Å². The third-order valence-electron chi connectivity index (χ3n) is 5.82. The van der Waals surface area contributed by atoms with Gasteiger partial charge in [-0.3, -0.25) is 9.10 Å². The number of carbonyl (C=O) groups excluding carboxylic acids is 1. The smallest absolute Gasteiger partial charge is 0.264 e. The summed E-state index contributed by atoms with van der Waals surface area (Å²) in [6.07, 6.45) is 1.45. The molecule has 206 valence electrons. The fourth-order valence-electron chi connectivity index (χ4n) is 3.81. The van der Waals surface area contributed by atoms with Crippen LogP contribution in [0, 0.1) is 0 Å². The van der Waals surface area contributed by atoms with Crippen molar-refractivity contribution in [2.45, 2.75) is 11.5 Å². The number of amides is 1. The van der Waals surface area contributed by atoms with Crippen molar-refractivity contribution in [3.05, 3.63) is 114 Å². The standard InChI is InChI=1S/C30H29N3O6S/c1-37-28-18-17-26(19-29(28)38-2)40(35,36)33(25-14-7-4-8-15-25)21-30(34)32-31-20-24-13-9-10-16-27(24)39-22-23-11-5-3-6-12-23/h3-20H,21-22H2,1-2H3,(H,32,34)/b31-20-. The van der Waals surface area contributed by atoms with Gasteiger partial charge in [-0.05, 0) is 42.0 Å². The zero-order valence-electron chi connectivity index (χ0n) is 22.1. The molecule has 0 saturated heterocycles. The Morgan fingerprint density at radius 3 is 2.17 bits per heavy atom. The lowest BCUT2D eigenvalue weighted by Gasteiger charge is -2.24. The van der Waals surface area contributed by atoms with Crippen LogP contribution >= 0.6 is 0 Å². The van der Waals surface area contributed by atoms with E-state index in [-0.39, 0.29) is 10.6 Å². The molecule has 0 aliphatic heterocycles. The fourth-order valence-corrected chi connectivity index (χ4v) is 5.24. The summed E-state index contributed by atoms with van der Waals surface area (Å²) < 4.78 is 44.7. The van der Waals surface area contributed by atoms with Crippen LogP contribution in [0.2, 0.25) is 0 Å². The number of hydrazone groups is 1. The van der Waals surface area contributed by atoms with Gasteiger partial charge in [-0.25, -0.2) is 13.8 Å². The quantitative estimate of drug-likeness (QED) is 0.200. The van der Waals surface area contributed by atoms with Gasteiger partial charge in [-0.15, -0.1) is 0 Å². The molecule has 4 rings (SSSR count). The minimum atomic E-state index is -4.16. The summed E-state index contributed by atoms with van der Waals surface area (Å²) in [4.78, 5) is 12.8. The van der Waals surface area contributed by atoms with E-state index in [4.69, 9.17) is 14.2 Å². The Labute approximate surface area is 233 Å². The van der Waals surface area contributed by atoms with E-state index in [0.29, 0.717) is 29.4 Å². The Morgan fingerprint density at radius 2 is 1.48 bits per heavy atom. The molecule has 0 bridgehead atoms. The Hall–Kier alpha value is -4.83. The second-order valence-electron chi connectivity index (χ2n) is 8.47. The van der Waals surface area contributed by atoms with Gasteiger partial charge in [0.1, 0.15) is 18.9 Å². The van der Waals surface area contributed by atoms with Crippen molar-refractivity contribution in [1.82, 2.24) is 5.43 Å². The van der Waals surface area contributed by atoms with Crippen molar-refractivity contribution in [3.63, 3.8) is 0 Å². The molecular weight excluding hydrogens is 530 g/mol. The maximum atomic E-state index is 13.7. The first kappa shape index (κ1) is 28.2. The summed E-state index contributed by atoms with van der Waals surface area (Å²) in [6.45, 7) is -0.137. The number of anilines is 1. The molecule has 0 saturated carbocycles. The number of rotatable bonds is 12. The predicted octanol–water partition coefficient (Wildman–Crippen LogP) is 4.63. The summed E-state index contributed by atoms with van der Waals surface area (Å²) in [5.74, 6) is 0.588. The van der Waals surface area contributed by atoms with Crippen molar-refractivity contribution < 1.29 is 27.4 Å². The van der Waals surface area contributed by atoms with E-state index >= 15 is 0 Å². The Balaban J connectivity index is 1.50. The topological polar surface area (TPSA) is 107 Å². The van der Waals surface area contributed by atoms with Crippen LogP contribution in [0.1, 0.15) is 11.1 Å². The normalized spacial score (nSPS) is 11.2. The molecule has 0 atom stereocenters. The van der Waals surface area contributed by atoms with Gasteiger partial charge >= 0.3 is 0 Å². The first-order valence-corrected chi connectivity index (χ1v) is 13.7. The van der Waals surface area contributed by atoms with E-state index in [1.165, 1.54) is 38.6 Å². The molecule has 9 nitrogen and oxygen atoms in total. The minimum absolute atomic E-state index is 0.0604. The summed E-state index contributed by atoms with van der Waals surface area (Å²) in [6, 6.07) is 29.6. The molecule has 4 aromatic carbocycles. The molecule has 0 radical (unpaired) electrons. The molecule has 1 amide bonds. The van der Waals surface area contributed by atoms with E-state index in [2.05, 4.69) is 10.5 Å². The van der Waals surface area contributed by atoms with Crippen LogP contribution in [0.3, 0.4) is 0 Å². The van der Waals surface area contributed by atoms with Gasteiger partial charge < -0.3 is 14.2 Å². The highest BCUT2D eigenvalue weighted by Gasteiger charge is 2.28. The Morgan fingerprint density at radius 1 is 0.825 bits per heavy atom. The summed E-state index contributed by atoms with van der Waals surface area (Å²) in [5.41, 5.74) is 4.40. The summed E-state index contributed by atoms with van der Waals surface area (Å²) in [7, 11) is -1.28. The highest BCUT2D eigenvalue weighted by molar-refractivity contribution is 7.92. The molecule has 0 spiro atoms. The van der Waals surface area contributed by atoms with Crippen molar-refractivity contribution in [3.8, 4) is 17.2 Å². The van der Waals surface area contributed by atoms with E-state index in [0.717, 1.165) is 9.87 Å². The number of methoxy groups -OCH3 is 2. The number of hydrogen-bond donors (Lipinski definition) is 1. The number of hydrogen-bond acceptors (Lipinski definition) is 7. The van der Waals surface area contributed by atoms with Gasteiger partial charge in [-0.2, -0.15) is 5.10 Å². The Bertz CT molecular complexity index is 1560. The zero-order valence-corrected chi connectivity index (χ0v) is 22.9. The molecular formula is C30H29N3O6S.